The number of allylic oxidation sites excluding steroid dienone is 1. The predicted molar refractivity (Wildman–Crippen MR) is 55.3 cm³/mol. The number of ether oxygens (including phenoxy) is 1. The quantitative estimate of drug-likeness (QED) is 0.433. The van der Waals surface area contributed by atoms with Crippen LogP contribution in [0.4, 0.5) is 0 Å². The Hall–Kier alpha value is 0.0800. The highest BCUT2D eigenvalue weighted by molar-refractivity contribution is 6.67. The van der Waals surface area contributed by atoms with E-state index in [2.05, 4.69) is 0 Å². The monoisotopic (exact) mass is 244 g/mol. The van der Waals surface area contributed by atoms with Crippen LogP contribution < -0.4 is 0 Å². The lowest BCUT2D eigenvalue weighted by Gasteiger charge is -2.08. The first-order chi connectivity index (χ1) is 5.81. The van der Waals surface area contributed by atoms with Crippen LogP contribution in [-0.2, 0) is 9.53 Å². The lowest BCUT2D eigenvalue weighted by Crippen LogP contribution is -2.09. The van der Waals surface area contributed by atoms with E-state index in [-0.39, 0.29) is 12.1 Å². The Labute approximate surface area is 92.8 Å². The third-order valence-corrected chi connectivity index (χ3v) is 1.57. The molecule has 0 N–H and O–H groups in total. The summed E-state index contributed by atoms with van der Waals surface area (Å²) < 4.78 is 3.52. The van der Waals surface area contributed by atoms with Crippen LogP contribution in [0.5, 0.6) is 0 Å². The topological polar surface area (TPSA) is 26.3 Å². The lowest BCUT2D eigenvalue weighted by molar-refractivity contribution is -0.143. The molecule has 0 rings (SSSR count). The van der Waals surface area contributed by atoms with E-state index in [4.69, 9.17) is 39.5 Å². The minimum atomic E-state index is -1.29. The summed E-state index contributed by atoms with van der Waals surface area (Å²) in [5, 5.41) is 0. The second-order valence-electron chi connectivity index (χ2n) is 2.56. The Morgan fingerprint density at radius 1 is 1.54 bits per heavy atom. The molecule has 0 heterocycles. The van der Waals surface area contributed by atoms with Crippen molar-refractivity contribution < 1.29 is 9.53 Å². The number of hydrogen-bond acceptors (Lipinski definition) is 2. The Morgan fingerprint density at radius 2 is 2.08 bits per heavy atom. The van der Waals surface area contributed by atoms with Crippen molar-refractivity contribution in [2.75, 3.05) is 0 Å². The van der Waals surface area contributed by atoms with Crippen molar-refractivity contribution in [1.82, 2.24) is 0 Å². The molecule has 0 aromatic carbocycles. The van der Waals surface area contributed by atoms with Crippen LogP contribution >= 0.6 is 34.8 Å². The molecular formula is C8H11Cl3O2. The van der Waals surface area contributed by atoms with Gasteiger partial charge in [-0.1, -0.05) is 40.9 Å². The molecule has 0 radical (unpaired) electrons. The van der Waals surface area contributed by atoms with E-state index in [0.717, 1.165) is 0 Å². The molecule has 1 atom stereocenters. The van der Waals surface area contributed by atoms with Crippen LogP contribution in [0.15, 0.2) is 12.2 Å². The van der Waals surface area contributed by atoms with Gasteiger partial charge in [-0.05, 0) is 13.0 Å². The maximum Gasteiger partial charge on any atom is 0.303 e. The molecule has 2 nitrogen and oxygen atoms in total. The molecule has 0 saturated heterocycles. The summed E-state index contributed by atoms with van der Waals surface area (Å²) in [6.45, 7) is 3.08. The first-order valence-electron chi connectivity index (χ1n) is 3.72. The molecule has 0 aliphatic carbocycles. The van der Waals surface area contributed by atoms with Crippen LogP contribution in [0, 0.1) is 0 Å². The van der Waals surface area contributed by atoms with Crippen LogP contribution in [0.3, 0.4) is 0 Å². The number of rotatable bonds is 3. The normalized spacial score (nSPS) is 14.5. The minimum absolute atomic E-state index is 0.287. The van der Waals surface area contributed by atoms with E-state index in [1.807, 2.05) is 0 Å². The van der Waals surface area contributed by atoms with Crippen molar-refractivity contribution in [3.63, 3.8) is 0 Å². The SMILES string of the molecule is CC(=O)OC(C)/C=C/CC(Cl)(Cl)Cl. The van der Waals surface area contributed by atoms with Crippen molar-refractivity contribution in [3.8, 4) is 0 Å². The average molecular weight is 246 g/mol. The Kier molecular flexibility index (Phi) is 5.77. The van der Waals surface area contributed by atoms with Crippen molar-refractivity contribution >= 4 is 40.8 Å². The zero-order valence-corrected chi connectivity index (χ0v) is 9.66. The summed E-state index contributed by atoms with van der Waals surface area (Å²) in [5.74, 6) is -0.328. The summed E-state index contributed by atoms with van der Waals surface area (Å²) in [7, 11) is 0. The van der Waals surface area contributed by atoms with E-state index in [9.17, 15) is 4.79 Å². The number of carbonyl (C=O) groups is 1. The number of alkyl halides is 3. The van der Waals surface area contributed by atoms with Gasteiger partial charge in [0.15, 0.2) is 3.79 Å². The smallest absolute Gasteiger partial charge is 0.303 e. The molecule has 0 spiro atoms. The van der Waals surface area contributed by atoms with E-state index in [1.54, 1.807) is 19.1 Å². The Bertz CT molecular complexity index is 196. The molecule has 1 unspecified atom stereocenters. The molecule has 5 heteroatoms. The largest absolute Gasteiger partial charge is 0.459 e. The van der Waals surface area contributed by atoms with Crippen molar-refractivity contribution in [2.45, 2.75) is 30.2 Å². The maximum atomic E-state index is 10.5. The Balaban J connectivity index is 3.78. The molecule has 0 fully saturated rings. The molecule has 0 aromatic rings. The van der Waals surface area contributed by atoms with Gasteiger partial charge in [-0.25, -0.2) is 0 Å². The van der Waals surface area contributed by atoms with Gasteiger partial charge in [-0.2, -0.15) is 0 Å². The van der Waals surface area contributed by atoms with Crippen molar-refractivity contribution in [2.24, 2.45) is 0 Å². The number of halogens is 3. The summed E-state index contributed by atoms with van der Waals surface area (Å²) in [6.07, 6.45) is 3.34. The number of hydrogen-bond donors (Lipinski definition) is 0. The highest BCUT2D eigenvalue weighted by Gasteiger charge is 2.16. The average Bonchev–Trinajstić information content (AvgIpc) is 1.81. The molecule has 13 heavy (non-hydrogen) atoms. The zero-order chi connectivity index (χ0) is 10.5. The van der Waals surface area contributed by atoms with Gasteiger partial charge >= 0.3 is 5.97 Å². The summed E-state index contributed by atoms with van der Waals surface area (Å²) in [4.78, 5) is 10.5. The minimum Gasteiger partial charge on any atom is -0.459 e. The van der Waals surface area contributed by atoms with Crippen LogP contribution in [-0.4, -0.2) is 15.9 Å². The van der Waals surface area contributed by atoms with Gasteiger partial charge in [-0.3, -0.25) is 4.79 Å². The molecular weight excluding hydrogens is 234 g/mol. The summed E-state index contributed by atoms with van der Waals surface area (Å²) >= 11 is 16.5. The van der Waals surface area contributed by atoms with Gasteiger partial charge in [0, 0.05) is 13.3 Å². The van der Waals surface area contributed by atoms with Gasteiger partial charge < -0.3 is 4.74 Å². The highest BCUT2D eigenvalue weighted by atomic mass is 35.6. The standard InChI is InChI=1S/C8H11Cl3O2/c1-6(13-7(2)12)4-3-5-8(9,10)11/h3-4,6H,5H2,1-2H3/b4-3+. The third-order valence-electron chi connectivity index (χ3n) is 1.11. The lowest BCUT2D eigenvalue weighted by atomic mass is 10.3. The molecule has 0 aliphatic heterocycles. The second-order valence-corrected chi connectivity index (χ2v) is 5.08. The zero-order valence-electron chi connectivity index (χ0n) is 7.39. The maximum absolute atomic E-state index is 10.5. The predicted octanol–water partition coefficient (Wildman–Crippen LogP) is 3.25. The van der Waals surface area contributed by atoms with E-state index in [0.29, 0.717) is 6.42 Å². The highest BCUT2D eigenvalue weighted by Crippen LogP contribution is 2.30. The van der Waals surface area contributed by atoms with Crippen molar-refractivity contribution in [3.05, 3.63) is 12.2 Å². The van der Waals surface area contributed by atoms with Gasteiger partial charge in [0.05, 0.1) is 0 Å². The third kappa shape index (κ3) is 10.00. The fourth-order valence-electron chi connectivity index (χ4n) is 0.694. The van der Waals surface area contributed by atoms with E-state index < -0.39 is 3.79 Å². The number of esters is 1. The summed E-state index contributed by atoms with van der Waals surface area (Å²) in [5.41, 5.74) is 0. The van der Waals surface area contributed by atoms with Crippen LogP contribution in [0.25, 0.3) is 0 Å². The molecule has 0 bridgehead atoms. The fourth-order valence-corrected chi connectivity index (χ4v) is 0.962. The number of carbonyl (C=O) groups excluding carboxylic acids is 1. The van der Waals surface area contributed by atoms with Crippen molar-refractivity contribution in [1.29, 1.82) is 0 Å². The molecule has 0 aliphatic rings. The van der Waals surface area contributed by atoms with Crippen LogP contribution in [0.1, 0.15) is 20.3 Å². The molecule has 0 saturated carbocycles. The van der Waals surface area contributed by atoms with Crippen LogP contribution in [0.2, 0.25) is 0 Å². The fraction of sp³-hybridized carbons (Fsp3) is 0.625. The first-order valence-corrected chi connectivity index (χ1v) is 4.85. The van der Waals surface area contributed by atoms with E-state index in [1.165, 1.54) is 6.92 Å². The molecule has 0 aromatic heterocycles. The van der Waals surface area contributed by atoms with E-state index >= 15 is 0 Å². The Morgan fingerprint density at radius 3 is 2.46 bits per heavy atom. The molecule has 0 amide bonds. The van der Waals surface area contributed by atoms with Gasteiger partial charge in [0.2, 0.25) is 0 Å². The van der Waals surface area contributed by atoms with Gasteiger partial charge in [-0.15, -0.1) is 0 Å². The van der Waals surface area contributed by atoms with Gasteiger partial charge in [0.25, 0.3) is 0 Å². The summed E-state index contributed by atoms with van der Waals surface area (Å²) in [6, 6.07) is 0. The van der Waals surface area contributed by atoms with Gasteiger partial charge in [0.1, 0.15) is 6.10 Å². The second kappa shape index (κ2) is 5.74. The molecule has 76 valence electrons. The first kappa shape index (κ1) is 13.1.